The first-order valence-corrected chi connectivity index (χ1v) is 11.6. The number of benzene rings is 2. The molecule has 2 aromatic carbocycles. The van der Waals surface area contributed by atoms with Gasteiger partial charge in [-0.05, 0) is 54.7 Å². The van der Waals surface area contributed by atoms with Crippen LogP contribution in [-0.4, -0.2) is 43.5 Å². The summed E-state index contributed by atoms with van der Waals surface area (Å²) >= 11 is 3.48. The predicted molar refractivity (Wildman–Crippen MR) is 130 cm³/mol. The number of hydrogen-bond donors (Lipinski definition) is 1. The highest BCUT2D eigenvalue weighted by Gasteiger charge is 2.26. The number of carbonyl (C=O) groups is 2. The lowest BCUT2D eigenvalue weighted by Crippen LogP contribution is -2.48. The van der Waals surface area contributed by atoms with Gasteiger partial charge >= 0.3 is 0 Å². The van der Waals surface area contributed by atoms with Crippen LogP contribution in [0.2, 0.25) is 0 Å². The van der Waals surface area contributed by atoms with Crippen LogP contribution in [0.4, 0.5) is 0 Å². The van der Waals surface area contributed by atoms with E-state index in [1.807, 2.05) is 56.3 Å². The van der Waals surface area contributed by atoms with Crippen LogP contribution in [0.3, 0.4) is 0 Å². The number of ether oxygens (including phenoxy) is 2. The molecule has 0 aromatic heterocycles. The Bertz CT molecular complexity index is 917. The number of nitrogens with zero attached hydrogens (tertiary/aromatic N) is 1. The van der Waals surface area contributed by atoms with Gasteiger partial charge in [-0.25, -0.2) is 0 Å². The molecule has 0 aliphatic rings. The standard InChI is InChI=1S/C25H33BrN2O4/c1-17(2)15-27-25(30)18(3)28(16-20-7-6-8-21(26)13-20)24(29)12-10-19-9-11-22(31-4)23(14-19)32-5/h6-9,11,13-14,17-18H,10,12,15-16H2,1-5H3,(H,27,30)/t18-/m1/s1. The molecule has 0 saturated heterocycles. The summed E-state index contributed by atoms with van der Waals surface area (Å²) in [5, 5.41) is 2.94. The van der Waals surface area contributed by atoms with Crippen LogP contribution in [0.5, 0.6) is 11.5 Å². The molecule has 0 unspecified atom stereocenters. The molecule has 6 nitrogen and oxygen atoms in total. The van der Waals surface area contributed by atoms with Crippen molar-refractivity contribution in [1.82, 2.24) is 10.2 Å². The van der Waals surface area contributed by atoms with Crippen molar-refractivity contribution in [3.8, 4) is 11.5 Å². The maximum atomic E-state index is 13.2. The van der Waals surface area contributed by atoms with Crippen molar-refractivity contribution in [2.75, 3.05) is 20.8 Å². The van der Waals surface area contributed by atoms with E-state index in [9.17, 15) is 9.59 Å². The fourth-order valence-corrected chi connectivity index (χ4v) is 3.74. The summed E-state index contributed by atoms with van der Waals surface area (Å²) in [5.74, 6) is 1.39. The van der Waals surface area contributed by atoms with E-state index in [-0.39, 0.29) is 18.2 Å². The van der Waals surface area contributed by atoms with Gasteiger partial charge in [-0.15, -0.1) is 0 Å². The number of rotatable bonds is 11. The van der Waals surface area contributed by atoms with E-state index in [1.54, 1.807) is 26.0 Å². The molecular weight excluding hydrogens is 472 g/mol. The molecule has 0 aliphatic carbocycles. The molecule has 0 bridgehead atoms. The number of carbonyl (C=O) groups excluding carboxylic acids is 2. The van der Waals surface area contributed by atoms with E-state index in [2.05, 4.69) is 21.2 Å². The Balaban J connectivity index is 2.16. The first-order valence-electron chi connectivity index (χ1n) is 10.8. The lowest BCUT2D eigenvalue weighted by Gasteiger charge is -2.29. The Morgan fingerprint density at radius 1 is 1.00 bits per heavy atom. The van der Waals surface area contributed by atoms with E-state index < -0.39 is 6.04 Å². The molecule has 2 aromatic rings. The van der Waals surface area contributed by atoms with Gasteiger partial charge in [0.1, 0.15) is 6.04 Å². The molecule has 0 saturated carbocycles. The largest absolute Gasteiger partial charge is 0.493 e. The van der Waals surface area contributed by atoms with Gasteiger partial charge in [0, 0.05) is 24.0 Å². The van der Waals surface area contributed by atoms with Gasteiger partial charge in [0.05, 0.1) is 14.2 Å². The average molecular weight is 505 g/mol. The molecule has 0 radical (unpaired) electrons. The van der Waals surface area contributed by atoms with E-state index in [4.69, 9.17) is 9.47 Å². The summed E-state index contributed by atoms with van der Waals surface area (Å²) in [6, 6.07) is 12.8. The molecule has 0 aliphatic heterocycles. The highest BCUT2D eigenvalue weighted by Crippen LogP contribution is 2.28. The molecule has 174 valence electrons. The highest BCUT2D eigenvalue weighted by molar-refractivity contribution is 9.10. The quantitative estimate of drug-likeness (QED) is 0.485. The SMILES string of the molecule is COc1ccc(CCC(=O)N(Cc2cccc(Br)c2)[C@H](C)C(=O)NCC(C)C)cc1OC. The molecule has 7 heteroatoms. The Morgan fingerprint density at radius 3 is 2.34 bits per heavy atom. The summed E-state index contributed by atoms with van der Waals surface area (Å²) in [4.78, 5) is 27.6. The lowest BCUT2D eigenvalue weighted by molar-refractivity contribution is -0.140. The van der Waals surface area contributed by atoms with Gasteiger partial charge < -0.3 is 19.7 Å². The molecule has 0 spiro atoms. The van der Waals surface area contributed by atoms with Gasteiger partial charge in [0.2, 0.25) is 11.8 Å². The second-order valence-electron chi connectivity index (χ2n) is 8.16. The Hall–Kier alpha value is -2.54. The smallest absolute Gasteiger partial charge is 0.242 e. The summed E-state index contributed by atoms with van der Waals surface area (Å²) in [7, 11) is 3.18. The summed E-state index contributed by atoms with van der Waals surface area (Å²) in [5.41, 5.74) is 1.93. The molecular formula is C25H33BrN2O4. The van der Waals surface area contributed by atoms with E-state index in [1.165, 1.54) is 0 Å². The summed E-state index contributed by atoms with van der Waals surface area (Å²) in [6.07, 6.45) is 0.819. The third-order valence-corrected chi connectivity index (χ3v) is 5.66. The Labute approximate surface area is 199 Å². The van der Waals surface area contributed by atoms with Gasteiger partial charge in [0.25, 0.3) is 0 Å². The van der Waals surface area contributed by atoms with Gasteiger partial charge in [-0.2, -0.15) is 0 Å². The van der Waals surface area contributed by atoms with Crippen molar-refractivity contribution in [2.24, 2.45) is 5.92 Å². The minimum atomic E-state index is -0.578. The maximum Gasteiger partial charge on any atom is 0.242 e. The number of nitrogens with one attached hydrogen (secondary N) is 1. The lowest BCUT2D eigenvalue weighted by atomic mass is 10.1. The fraction of sp³-hybridized carbons (Fsp3) is 0.440. The number of methoxy groups -OCH3 is 2. The highest BCUT2D eigenvalue weighted by atomic mass is 79.9. The van der Waals surface area contributed by atoms with E-state index in [0.29, 0.717) is 36.9 Å². The maximum absolute atomic E-state index is 13.2. The molecule has 2 amide bonds. The third kappa shape index (κ3) is 7.55. The van der Waals surface area contributed by atoms with Gasteiger partial charge in [-0.3, -0.25) is 9.59 Å². The zero-order valence-corrected chi connectivity index (χ0v) is 21.1. The van der Waals surface area contributed by atoms with Crippen LogP contribution in [0.15, 0.2) is 46.9 Å². The van der Waals surface area contributed by atoms with E-state index in [0.717, 1.165) is 15.6 Å². The monoisotopic (exact) mass is 504 g/mol. The summed E-state index contributed by atoms with van der Waals surface area (Å²) < 4.78 is 11.6. The summed E-state index contributed by atoms with van der Waals surface area (Å²) in [6.45, 7) is 6.80. The first-order chi connectivity index (χ1) is 15.2. The predicted octanol–water partition coefficient (Wildman–Crippen LogP) is 4.59. The normalized spacial score (nSPS) is 11.7. The second kappa shape index (κ2) is 12.5. The van der Waals surface area contributed by atoms with Crippen LogP contribution >= 0.6 is 15.9 Å². The zero-order valence-electron chi connectivity index (χ0n) is 19.5. The van der Waals surface area contributed by atoms with Gasteiger partial charge in [-0.1, -0.05) is 48.0 Å². The van der Waals surface area contributed by atoms with E-state index >= 15 is 0 Å². The molecule has 2 rings (SSSR count). The van der Waals surface area contributed by atoms with Crippen LogP contribution in [0, 0.1) is 5.92 Å². The van der Waals surface area contributed by atoms with Crippen molar-refractivity contribution >= 4 is 27.7 Å². The fourth-order valence-electron chi connectivity index (χ4n) is 3.30. The van der Waals surface area contributed by atoms with Crippen molar-refractivity contribution < 1.29 is 19.1 Å². The topological polar surface area (TPSA) is 67.9 Å². The molecule has 32 heavy (non-hydrogen) atoms. The van der Waals surface area contributed by atoms with Crippen molar-refractivity contribution in [3.05, 3.63) is 58.1 Å². The van der Waals surface area contributed by atoms with Crippen LogP contribution in [0.1, 0.15) is 38.3 Å². The minimum absolute atomic E-state index is 0.0769. The molecule has 0 fully saturated rings. The Morgan fingerprint density at radius 2 is 1.72 bits per heavy atom. The number of halogens is 1. The van der Waals surface area contributed by atoms with Crippen LogP contribution < -0.4 is 14.8 Å². The first kappa shape index (κ1) is 25.7. The molecule has 1 N–H and O–H groups in total. The van der Waals surface area contributed by atoms with Crippen molar-refractivity contribution in [1.29, 1.82) is 0 Å². The van der Waals surface area contributed by atoms with Crippen molar-refractivity contribution in [3.63, 3.8) is 0 Å². The number of amides is 2. The zero-order chi connectivity index (χ0) is 23.7. The second-order valence-corrected chi connectivity index (χ2v) is 9.07. The van der Waals surface area contributed by atoms with Crippen LogP contribution in [-0.2, 0) is 22.6 Å². The van der Waals surface area contributed by atoms with Crippen LogP contribution in [0.25, 0.3) is 0 Å². The average Bonchev–Trinajstić information content (AvgIpc) is 2.78. The Kier molecular flexibility index (Phi) is 10.0. The number of aryl methyl sites for hydroxylation is 1. The molecule has 0 heterocycles. The third-order valence-electron chi connectivity index (χ3n) is 5.17. The number of hydrogen-bond acceptors (Lipinski definition) is 4. The van der Waals surface area contributed by atoms with Gasteiger partial charge in [0.15, 0.2) is 11.5 Å². The molecule has 1 atom stereocenters. The van der Waals surface area contributed by atoms with Crippen molar-refractivity contribution in [2.45, 2.75) is 46.2 Å². The minimum Gasteiger partial charge on any atom is -0.493 e.